The lowest BCUT2D eigenvalue weighted by Gasteiger charge is -2.36. The molecule has 1 atom stereocenters. The number of nitrogens with one attached hydrogen (secondary N) is 1. The monoisotopic (exact) mass is 236 g/mol. The number of hydrogen-bond acceptors (Lipinski definition) is 3. The fourth-order valence-electron chi connectivity index (χ4n) is 1.82. The van der Waals surface area contributed by atoms with Gasteiger partial charge in [0.25, 0.3) is 0 Å². The molecule has 0 aliphatic carbocycles. The first-order valence-electron chi connectivity index (χ1n) is 5.35. The molecule has 1 saturated heterocycles. The molecule has 0 bridgehead atoms. The summed E-state index contributed by atoms with van der Waals surface area (Å²) < 4.78 is 0. The molecule has 1 N–H and O–H groups in total. The predicted molar refractivity (Wildman–Crippen MR) is 63.0 cm³/mol. The molecule has 1 rings (SSSR count). The van der Waals surface area contributed by atoms with Gasteiger partial charge in [-0.05, 0) is 19.8 Å². The minimum absolute atomic E-state index is 0.208. The summed E-state index contributed by atoms with van der Waals surface area (Å²) >= 11 is 0. The Morgan fingerprint density at radius 2 is 2.00 bits per heavy atom. The van der Waals surface area contributed by atoms with Crippen molar-refractivity contribution in [2.75, 3.05) is 7.05 Å². The number of amides is 4. The maximum absolute atomic E-state index is 12.1. The third kappa shape index (κ3) is 2.13. The zero-order valence-electron chi connectivity index (χ0n) is 10.0. The first-order chi connectivity index (χ1) is 7.99. The number of imide groups is 2. The molecule has 1 unspecified atom stereocenters. The average molecular weight is 236 g/mol. The quantitative estimate of drug-likeness (QED) is 0.589. The van der Waals surface area contributed by atoms with Gasteiger partial charge in [0, 0.05) is 7.05 Å². The largest absolute Gasteiger partial charge is 0.330 e. The minimum atomic E-state index is -1.24. The van der Waals surface area contributed by atoms with E-state index in [0.29, 0.717) is 0 Å². The number of rotatable bonds is 4. The Kier molecular flexibility index (Phi) is 3.83. The van der Waals surface area contributed by atoms with Gasteiger partial charge in [-0.25, -0.2) is 4.79 Å². The van der Waals surface area contributed by atoms with Crippen LogP contribution in [-0.2, 0) is 9.59 Å². The lowest BCUT2D eigenvalue weighted by Crippen LogP contribution is -2.62. The van der Waals surface area contributed by atoms with Gasteiger partial charge >= 0.3 is 6.03 Å². The maximum Gasteiger partial charge on any atom is 0.330 e. The molecule has 5 nitrogen and oxygen atoms in total. The van der Waals surface area contributed by atoms with Gasteiger partial charge in [0.2, 0.25) is 11.8 Å². The van der Waals surface area contributed by atoms with Crippen molar-refractivity contribution in [2.24, 2.45) is 5.41 Å². The van der Waals surface area contributed by atoms with Crippen molar-refractivity contribution in [3.8, 4) is 0 Å². The van der Waals surface area contributed by atoms with Gasteiger partial charge in [-0.1, -0.05) is 18.2 Å². The van der Waals surface area contributed by atoms with E-state index in [2.05, 4.69) is 11.9 Å². The molecule has 5 heteroatoms. The molecule has 0 aromatic rings. The van der Waals surface area contributed by atoms with E-state index >= 15 is 0 Å². The zero-order chi connectivity index (χ0) is 13.1. The Labute approximate surface area is 100 Å². The van der Waals surface area contributed by atoms with Crippen LogP contribution in [0.5, 0.6) is 0 Å². The molecule has 0 aromatic carbocycles. The van der Waals surface area contributed by atoms with E-state index in [-0.39, 0.29) is 12.8 Å². The molecule has 0 spiro atoms. The first kappa shape index (κ1) is 13.2. The van der Waals surface area contributed by atoms with Crippen LogP contribution < -0.4 is 5.32 Å². The Hall–Kier alpha value is -1.91. The predicted octanol–water partition coefficient (Wildman–Crippen LogP) is 1.22. The highest BCUT2D eigenvalue weighted by molar-refractivity contribution is 6.19. The fraction of sp³-hybridized carbons (Fsp3) is 0.417. The van der Waals surface area contributed by atoms with Crippen molar-refractivity contribution in [3.05, 3.63) is 24.8 Å². The van der Waals surface area contributed by atoms with Crippen molar-refractivity contribution in [1.82, 2.24) is 10.2 Å². The standard InChI is InChI=1S/C12H16N2O3/c1-4-6-8-12(7-5-2)9(15)13-11(17)14(3)10(12)16/h4-6H,2,7-8H2,1,3H3,(H,13,15,17). The number of allylic oxidation sites excluding steroid dienone is 3. The van der Waals surface area contributed by atoms with E-state index in [9.17, 15) is 14.4 Å². The number of nitrogens with zero attached hydrogens (tertiary/aromatic N) is 1. The van der Waals surface area contributed by atoms with Crippen LogP contribution in [0, 0.1) is 5.41 Å². The van der Waals surface area contributed by atoms with Crippen molar-refractivity contribution >= 4 is 17.8 Å². The molecule has 1 fully saturated rings. The highest BCUT2D eigenvalue weighted by Gasteiger charge is 2.51. The van der Waals surface area contributed by atoms with Crippen LogP contribution >= 0.6 is 0 Å². The summed E-state index contributed by atoms with van der Waals surface area (Å²) in [5, 5.41) is 2.19. The summed E-state index contributed by atoms with van der Waals surface area (Å²) in [6.45, 7) is 5.37. The van der Waals surface area contributed by atoms with Crippen LogP contribution in [0.25, 0.3) is 0 Å². The number of urea groups is 1. The van der Waals surface area contributed by atoms with Gasteiger partial charge in [-0.2, -0.15) is 0 Å². The van der Waals surface area contributed by atoms with Crippen molar-refractivity contribution in [2.45, 2.75) is 19.8 Å². The second-order valence-corrected chi connectivity index (χ2v) is 3.97. The van der Waals surface area contributed by atoms with E-state index in [4.69, 9.17) is 0 Å². The topological polar surface area (TPSA) is 66.5 Å². The lowest BCUT2D eigenvalue weighted by atomic mass is 9.77. The van der Waals surface area contributed by atoms with Gasteiger partial charge in [0.1, 0.15) is 5.41 Å². The molecule has 1 aliphatic heterocycles. The molecule has 4 amide bonds. The fourth-order valence-corrected chi connectivity index (χ4v) is 1.82. The highest BCUT2D eigenvalue weighted by atomic mass is 16.2. The molecular formula is C12H16N2O3. The van der Waals surface area contributed by atoms with E-state index < -0.39 is 23.3 Å². The third-order valence-electron chi connectivity index (χ3n) is 2.87. The highest BCUT2D eigenvalue weighted by Crippen LogP contribution is 2.33. The first-order valence-corrected chi connectivity index (χ1v) is 5.35. The maximum atomic E-state index is 12.1. The molecule has 1 heterocycles. The molecule has 0 saturated carbocycles. The molecule has 0 aromatic heterocycles. The minimum Gasteiger partial charge on any atom is -0.277 e. The Morgan fingerprint density at radius 1 is 1.35 bits per heavy atom. The summed E-state index contributed by atoms with van der Waals surface area (Å²) in [6.07, 6.45) is 5.49. The van der Waals surface area contributed by atoms with Crippen LogP contribution in [0.3, 0.4) is 0 Å². The second kappa shape index (κ2) is 4.95. The lowest BCUT2D eigenvalue weighted by molar-refractivity contribution is -0.150. The SMILES string of the molecule is C=CCC1(CC=CC)C(=O)NC(=O)N(C)C1=O. The third-order valence-corrected chi connectivity index (χ3v) is 2.87. The van der Waals surface area contributed by atoms with Crippen molar-refractivity contribution in [3.63, 3.8) is 0 Å². The van der Waals surface area contributed by atoms with Gasteiger partial charge < -0.3 is 0 Å². The van der Waals surface area contributed by atoms with Gasteiger partial charge in [0.15, 0.2) is 0 Å². The molecular weight excluding hydrogens is 220 g/mol. The molecule has 1 aliphatic rings. The van der Waals surface area contributed by atoms with Gasteiger partial charge in [-0.3, -0.25) is 19.8 Å². The summed E-state index contributed by atoms with van der Waals surface area (Å²) in [4.78, 5) is 36.3. The van der Waals surface area contributed by atoms with E-state index in [1.165, 1.54) is 13.1 Å². The van der Waals surface area contributed by atoms with Crippen LogP contribution in [0.2, 0.25) is 0 Å². The van der Waals surface area contributed by atoms with Crippen molar-refractivity contribution in [1.29, 1.82) is 0 Å². The number of carbonyl (C=O) groups excluding carboxylic acids is 3. The number of hydrogen-bond donors (Lipinski definition) is 1. The second-order valence-electron chi connectivity index (χ2n) is 3.97. The van der Waals surface area contributed by atoms with Crippen LogP contribution in [0.4, 0.5) is 4.79 Å². The van der Waals surface area contributed by atoms with Crippen molar-refractivity contribution < 1.29 is 14.4 Å². The Morgan fingerprint density at radius 3 is 2.53 bits per heavy atom. The van der Waals surface area contributed by atoms with E-state index in [0.717, 1.165) is 4.90 Å². The average Bonchev–Trinajstić information content (AvgIpc) is 2.30. The van der Waals surface area contributed by atoms with Crippen LogP contribution in [0.15, 0.2) is 24.8 Å². The zero-order valence-corrected chi connectivity index (χ0v) is 10.0. The van der Waals surface area contributed by atoms with Crippen LogP contribution in [0.1, 0.15) is 19.8 Å². The van der Waals surface area contributed by atoms with Gasteiger partial charge in [0.05, 0.1) is 0 Å². The van der Waals surface area contributed by atoms with E-state index in [1.54, 1.807) is 12.2 Å². The summed E-state index contributed by atoms with van der Waals surface area (Å²) in [5.74, 6) is -1.03. The summed E-state index contributed by atoms with van der Waals surface area (Å²) in [7, 11) is 1.36. The molecule has 0 radical (unpaired) electrons. The van der Waals surface area contributed by atoms with Crippen LogP contribution in [-0.4, -0.2) is 29.8 Å². The summed E-state index contributed by atoms with van der Waals surface area (Å²) in [6, 6.07) is -0.680. The Balaban J connectivity index is 3.16. The smallest absolute Gasteiger partial charge is 0.277 e. The summed E-state index contributed by atoms with van der Waals surface area (Å²) in [5.41, 5.74) is -1.24. The van der Waals surface area contributed by atoms with E-state index in [1.807, 2.05) is 6.92 Å². The number of barbiturate groups is 1. The molecule has 92 valence electrons. The normalized spacial score (nSPS) is 25.3. The number of carbonyl (C=O) groups is 3. The Bertz CT molecular complexity index is 401. The van der Waals surface area contributed by atoms with Gasteiger partial charge in [-0.15, -0.1) is 6.58 Å². The molecule has 17 heavy (non-hydrogen) atoms.